The van der Waals surface area contributed by atoms with Crippen LogP contribution in [0.2, 0.25) is 0 Å². The van der Waals surface area contributed by atoms with E-state index >= 15 is 0 Å². The van der Waals surface area contributed by atoms with Crippen molar-refractivity contribution in [3.63, 3.8) is 0 Å². The van der Waals surface area contributed by atoms with Gasteiger partial charge in [-0.05, 0) is 43.0 Å². The van der Waals surface area contributed by atoms with Gasteiger partial charge in [0.2, 0.25) is 5.91 Å². The van der Waals surface area contributed by atoms with E-state index in [9.17, 15) is 14.4 Å². The third-order valence-corrected chi connectivity index (χ3v) is 7.02. The molecule has 0 atom stereocenters. The summed E-state index contributed by atoms with van der Waals surface area (Å²) < 4.78 is 5.54. The average Bonchev–Trinajstić information content (AvgIpc) is 3.35. The van der Waals surface area contributed by atoms with E-state index in [4.69, 9.17) is 9.84 Å². The van der Waals surface area contributed by atoms with Crippen LogP contribution in [-0.4, -0.2) is 46.8 Å². The number of carboxylic acid groups (broad SMARTS) is 1. The van der Waals surface area contributed by atoms with Crippen LogP contribution < -0.4 is 10.6 Å². The molecule has 0 fully saturated rings. The Bertz CT molecular complexity index is 1240. The van der Waals surface area contributed by atoms with Gasteiger partial charge >= 0.3 is 12.1 Å². The predicted molar refractivity (Wildman–Crippen MR) is 133 cm³/mol. The van der Waals surface area contributed by atoms with Gasteiger partial charge in [-0.2, -0.15) is 0 Å². The summed E-state index contributed by atoms with van der Waals surface area (Å²) in [6.45, 7) is 5.32. The maximum atomic E-state index is 12.7. The lowest BCUT2D eigenvalue weighted by molar-refractivity contribution is -0.126. The van der Waals surface area contributed by atoms with Gasteiger partial charge in [-0.15, -0.1) is 11.3 Å². The van der Waals surface area contributed by atoms with E-state index < -0.39 is 17.6 Å². The van der Waals surface area contributed by atoms with Crippen LogP contribution in [0.25, 0.3) is 11.1 Å². The molecule has 0 saturated carbocycles. The van der Waals surface area contributed by atoms with Crippen molar-refractivity contribution in [3.05, 3.63) is 75.2 Å². The number of thiazole rings is 1. The minimum absolute atomic E-state index is 0.0357. The number of amides is 2. The van der Waals surface area contributed by atoms with E-state index in [1.807, 2.05) is 36.4 Å². The summed E-state index contributed by atoms with van der Waals surface area (Å²) in [7, 11) is 0. The van der Waals surface area contributed by atoms with Crippen LogP contribution in [0.3, 0.4) is 0 Å². The second kappa shape index (κ2) is 9.87. The monoisotopic (exact) mass is 493 g/mol. The molecule has 0 unspecified atom stereocenters. The number of alkyl carbamates (subject to hydrolysis) is 1. The van der Waals surface area contributed by atoms with Crippen LogP contribution in [0, 0.1) is 6.92 Å². The Hall–Kier alpha value is -3.72. The molecule has 8 nitrogen and oxygen atoms in total. The molecule has 0 bridgehead atoms. The van der Waals surface area contributed by atoms with Gasteiger partial charge in [0.1, 0.15) is 12.1 Å². The number of ether oxygens (including phenoxy) is 1. The SMILES string of the molecule is Cc1sc(CCNC(=O)C(C)(C)NC(=O)OCC2c3ccccc3-c3ccccc32)nc1C(=O)O. The molecule has 0 aliphatic heterocycles. The maximum Gasteiger partial charge on any atom is 0.408 e. The molecule has 0 radical (unpaired) electrons. The molecular formula is C26H27N3O5S. The highest BCUT2D eigenvalue weighted by atomic mass is 32.1. The van der Waals surface area contributed by atoms with E-state index in [-0.39, 0.29) is 30.7 Å². The molecule has 1 aliphatic carbocycles. The third kappa shape index (κ3) is 5.19. The van der Waals surface area contributed by atoms with Crippen molar-refractivity contribution >= 4 is 29.3 Å². The number of carboxylic acids is 1. The van der Waals surface area contributed by atoms with E-state index in [1.165, 1.54) is 11.3 Å². The number of hydrogen-bond acceptors (Lipinski definition) is 6. The molecule has 4 rings (SSSR count). The van der Waals surface area contributed by atoms with Crippen molar-refractivity contribution in [1.82, 2.24) is 15.6 Å². The first-order valence-corrected chi connectivity index (χ1v) is 12.1. The summed E-state index contributed by atoms with van der Waals surface area (Å²) in [5, 5.41) is 15.2. The molecule has 9 heteroatoms. The molecule has 3 N–H and O–H groups in total. The highest BCUT2D eigenvalue weighted by Crippen LogP contribution is 2.44. The van der Waals surface area contributed by atoms with Crippen LogP contribution in [0.1, 0.15) is 51.3 Å². The zero-order chi connectivity index (χ0) is 25.2. The lowest BCUT2D eigenvalue weighted by Gasteiger charge is -2.25. The lowest BCUT2D eigenvalue weighted by Crippen LogP contribution is -2.55. The molecule has 182 valence electrons. The van der Waals surface area contributed by atoms with Gasteiger partial charge in [-0.25, -0.2) is 14.6 Å². The number of aromatic nitrogens is 1. The lowest BCUT2D eigenvalue weighted by atomic mass is 9.98. The van der Waals surface area contributed by atoms with E-state index in [0.717, 1.165) is 22.3 Å². The second-order valence-electron chi connectivity index (χ2n) is 8.90. The Morgan fingerprint density at radius 1 is 1.06 bits per heavy atom. The smallest absolute Gasteiger partial charge is 0.408 e. The van der Waals surface area contributed by atoms with Gasteiger partial charge in [0, 0.05) is 23.8 Å². The summed E-state index contributed by atoms with van der Waals surface area (Å²) in [4.78, 5) is 41.1. The number of aryl methyl sites for hydroxylation is 1. The second-order valence-corrected chi connectivity index (χ2v) is 10.2. The van der Waals surface area contributed by atoms with Gasteiger partial charge in [0.15, 0.2) is 5.69 Å². The third-order valence-electron chi connectivity index (χ3n) is 5.99. The standard InChI is InChI=1S/C26H27N3O5S/c1-15-22(23(30)31)28-21(35-15)12-13-27-24(32)26(2,3)29-25(33)34-14-20-18-10-6-4-8-16(18)17-9-5-7-11-19(17)20/h4-11,20H,12-14H2,1-3H3,(H,27,32)(H,29,33)(H,30,31). The Morgan fingerprint density at radius 3 is 2.23 bits per heavy atom. The fraction of sp³-hybridized carbons (Fsp3) is 0.308. The van der Waals surface area contributed by atoms with Crippen molar-refractivity contribution < 1.29 is 24.2 Å². The summed E-state index contributed by atoms with van der Waals surface area (Å²) >= 11 is 1.29. The van der Waals surface area contributed by atoms with Crippen LogP contribution in [0.15, 0.2) is 48.5 Å². The Balaban J connectivity index is 1.30. The van der Waals surface area contributed by atoms with E-state index in [2.05, 4.69) is 27.8 Å². The molecule has 2 amide bonds. The first-order chi connectivity index (χ1) is 16.7. The van der Waals surface area contributed by atoms with Gasteiger partial charge in [0.05, 0.1) is 5.01 Å². The fourth-order valence-electron chi connectivity index (χ4n) is 4.21. The molecule has 1 heterocycles. The van der Waals surface area contributed by atoms with Crippen molar-refractivity contribution in [2.75, 3.05) is 13.2 Å². The summed E-state index contributed by atoms with van der Waals surface area (Å²) in [6.07, 6.45) is -0.278. The predicted octanol–water partition coefficient (Wildman–Crippen LogP) is 4.13. The van der Waals surface area contributed by atoms with Crippen LogP contribution in [0.4, 0.5) is 4.79 Å². The number of carbonyl (C=O) groups excluding carboxylic acids is 2. The molecule has 35 heavy (non-hydrogen) atoms. The summed E-state index contributed by atoms with van der Waals surface area (Å²) in [6, 6.07) is 16.2. The summed E-state index contributed by atoms with van der Waals surface area (Å²) in [5.41, 5.74) is 3.34. The maximum absolute atomic E-state index is 12.7. The van der Waals surface area contributed by atoms with Crippen molar-refractivity contribution in [3.8, 4) is 11.1 Å². The number of aromatic carboxylic acids is 1. The van der Waals surface area contributed by atoms with Gasteiger partial charge < -0.3 is 20.5 Å². The zero-order valence-electron chi connectivity index (χ0n) is 19.8. The van der Waals surface area contributed by atoms with Gasteiger partial charge in [-0.3, -0.25) is 4.79 Å². The number of hydrogen-bond donors (Lipinski definition) is 3. The molecule has 3 aromatic rings. The Labute approximate surface area is 207 Å². The normalized spacial score (nSPS) is 12.5. The van der Waals surface area contributed by atoms with Crippen LogP contribution in [0.5, 0.6) is 0 Å². The largest absolute Gasteiger partial charge is 0.476 e. The van der Waals surface area contributed by atoms with Crippen molar-refractivity contribution in [2.24, 2.45) is 0 Å². The molecular weight excluding hydrogens is 466 g/mol. The Morgan fingerprint density at radius 2 is 1.66 bits per heavy atom. The minimum Gasteiger partial charge on any atom is -0.476 e. The van der Waals surface area contributed by atoms with Crippen molar-refractivity contribution in [2.45, 2.75) is 38.6 Å². The van der Waals surface area contributed by atoms with Crippen LogP contribution >= 0.6 is 11.3 Å². The molecule has 2 aromatic carbocycles. The number of benzene rings is 2. The van der Waals surface area contributed by atoms with E-state index in [1.54, 1.807) is 20.8 Å². The van der Waals surface area contributed by atoms with Gasteiger partial charge in [0.25, 0.3) is 0 Å². The zero-order valence-corrected chi connectivity index (χ0v) is 20.6. The highest BCUT2D eigenvalue weighted by Gasteiger charge is 2.32. The number of nitrogens with zero attached hydrogens (tertiary/aromatic N) is 1. The first kappa shape index (κ1) is 24.4. The minimum atomic E-state index is -1.20. The van der Waals surface area contributed by atoms with Crippen molar-refractivity contribution in [1.29, 1.82) is 0 Å². The quantitative estimate of drug-likeness (QED) is 0.434. The topological polar surface area (TPSA) is 118 Å². The molecule has 0 spiro atoms. The number of rotatable bonds is 8. The summed E-state index contributed by atoms with van der Waals surface area (Å²) in [5.74, 6) is -1.51. The first-order valence-electron chi connectivity index (χ1n) is 11.3. The highest BCUT2D eigenvalue weighted by molar-refractivity contribution is 7.11. The number of fused-ring (bicyclic) bond motifs is 3. The fourth-order valence-corrected chi connectivity index (χ4v) is 5.13. The molecule has 0 saturated heterocycles. The number of carbonyl (C=O) groups is 3. The van der Waals surface area contributed by atoms with Gasteiger partial charge in [-0.1, -0.05) is 48.5 Å². The van der Waals surface area contributed by atoms with Crippen LogP contribution in [-0.2, 0) is 16.0 Å². The Kier molecular flexibility index (Phi) is 6.88. The number of nitrogens with one attached hydrogen (secondary N) is 2. The van der Waals surface area contributed by atoms with E-state index in [0.29, 0.717) is 16.3 Å². The average molecular weight is 494 g/mol. The molecule has 1 aromatic heterocycles. The molecule has 1 aliphatic rings.